The zero-order valence-electron chi connectivity index (χ0n) is 19.8. The quantitative estimate of drug-likeness (QED) is 0.279. The molecule has 0 saturated carbocycles. The fourth-order valence-corrected chi connectivity index (χ4v) is 4.48. The Balaban J connectivity index is 1.87. The van der Waals surface area contributed by atoms with Gasteiger partial charge in [0.05, 0.1) is 5.52 Å². The van der Waals surface area contributed by atoms with Crippen LogP contribution in [0.3, 0.4) is 0 Å². The maximum absolute atomic E-state index is 12.9. The van der Waals surface area contributed by atoms with E-state index < -0.39 is 17.9 Å². The number of hydrogen-bond acceptors (Lipinski definition) is 4. The van der Waals surface area contributed by atoms with E-state index in [1.54, 1.807) is 42.5 Å². The predicted octanol–water partition coefficient (Wildman–Crippen LogP) is 6.09. The van der Waals surface area contributed by atoms with E-state index in [1.807, 2.05) is 23.6 Å². The Morgan fingerprint density at radius 3 is 2.41 bits per heavy atom. The van der Waals surface area contributed by atoms with Gasteiger partial charge in [0.15, 0.2) is 0 Å². The van der Waals surface area contributed by atoms with Gasteiger partial charge in [-0.2, -0.15) is 0 Å². The Kier molecular flexibility index (Phi) is 6.92. The third-order valence-corrected chi connectivity index (χ3v) is 6.49. The molecule has 0 aliphatic heterocycles. The molecule has 0 aliphatic rings. The molecule has 0 bridgehead atoms. The van der Waals surface area contributed by atoms with Gasteiger partial charge in [-0.25, -0.2) is 0 Å². The van der Waals surface area contributed by atoms with Gasteiger partial charge in [-0.05, 0) is 55.3 Å². The third kappa shape index (κ3) is 5.27. The van der Waals surface area contributed by atoms with Crippen LogP contribution in [0.5, 0.6) is 5.75 Å². The van der Waals surface area contributed by atoms with Crippen molar-refractivity contribution >= 4 is 34.9 Å². The lowest BCUT2D eigenvalue weighted by molar-refractivity contribution is -0.274. The number of nitrogens with zero attached hydrogens (tertiary/aromatic N) is 1. The van der Waals surface area contributed by atoms with E-state index in [1.165, 1.54) is 19.1 Å². The van der Waals surface area contributed by atoms with Crippen molar-refractivity contribution in [1.82, 2.24) is 4.57 Å². The summed E-state index contributed by atoms with van der Waals surface area (Å²) in [7, 11) is 0. The molecule has 0 fully saturated rings. The van der Waals surface area contributed by atoms with Gasteiger partial charge in [0, 0.05) is 39.8 Å². The molecule has 4 rings (SSSR count). The number of carbonyl (C=O) groups excluding carboxylic acids is 2. The van der Waals surface area contributed by atoms with Crippen molar-refractivity contribution in [3.8, 4) is 16.9 Å². The molecule has 1 atom stereocenters. The Morgan fingerprint density at radius 2 is 1.78 bits per heavy atom. The minimum atomic E-state index is -4.84. The molecular weight excluding hydrogens is 509 g/mol. The van der Waals surface area contributed by atoms with Crippen molar-refractivity contribution in [2.75, 3.05) is 0 Å². The van der Waals surface area contributed by atoms with Crippen molar-refractivity contribution in [1.29, 1.82) is 0 Å². The van der Waals surface area contributed by atoms with Gasteiger partial charge in [0.25, 0.3) is 12.4 Å². The SMILES string of the molecule is Cc1c(-c2ccc(Cl)cc2)c2ccc(OC(F)(F)F)cc2n1Cc1cccc([C@](C)(OC=O)C(N)=O)c1. The van der Waals surface area contributed by atoms with Crippen LogP contribution in [0.25, 0.3) is 22.0 Å². The van der Waals surface area contributed by atoms with Gasteiger partial charge >= 0.3 is 6.36 Å². The molecule has 0 radical (unpaired) electrons. The predicted molar refractivity (Wildman–Crippen MR) is 133 cm³/mol. The number of rotatable bonds is 8. The number of halogens is 4. The van der Waals surface area contributed by atoms with E-state index in [0.717, 1.165) is 22.2 Å². The molecule has 1 aromatic heterocycles. The second-order valence-corrected chi connectivity index (χ2v) is 9.03. The fourth-order valence-electron chi connectivity index (χ4n) is 4.35. The van der Waals surface area contributed by atoms with Gasteiger partial charge in [-0.3, -0.25) is 9.59 Å². The second-order valence-electron chi connectivity index (χ2n) is 8.59. The average molecular weight is 531 g/mol. The second kappa shape index (κ2) is 9.82. The number of benzene rings is 3. The first-order valence-corrected chi connectivity index (χ1v) is 11.5. The van der Waals surface area contributed by atoms with E-state index in [-0.39, 0.29) is 18.8 Å². The maximum atomic E-state index is 12.9. The first-order chi connectivity index (χ1) is 17.4. The summed E-state index contributed by atoms with van der Waals surface area (Å²) < 4.78 is 49.9. The molecule has 3 aromatic carbocycles. The van der Waals surface area contributed by atoms with E-state index >= 15 is 0 Å². The molecule has 0 saturated heterocycles. The topological polar surface area (TPSA) is 83.6 Å². The summed E-state index contributed by atoms with van der Waals surface area (Å²) in [6.07, 6.45) is -4.84. The summed E-state index contributed by atoms with van der Waals surface area (Å²) in [4.78, 5) is 23.1. The Labute approximate surface area is 215 Å². The van der Waals surface area contributed by atoms with E-state index in [9.17, 15) is 22.8 Å². The summed E-state index contributed by atoms with van der Waals surface area (Å²) in [5.74, 6) is -1.20. The molecule has 2 N–H and O–H groups in total. The number of carbonyl (C=O) groups is 2. The van der Waals surface area contributed by atoms with Gasteiger partial charge in [-0.15, -0.1) is 13.2 Å². The molecule has 0 unspecified atom stereocenters. The number of hydrogen-bond donors (Lipinski definition) is 1. The van der Waals surface area contributed by atoms with Crippen LogP contribution < -0.4 is 10.5 Å². The molecule has 1 heterocycles. The highest BCUT2D eigenvalue weighted by Gasteiger charge is 2.35. The van der Waals surface area contributed by atoms with Gasteiger partial charge in [-0.1, -0.05) is 41.9 Å². The Hall–Kier alpha value is -3.98. The van der Waals surface area contributed by atoms with Crippen LogP contribution in [-0.2, 0) is 26.5 Å². The number of fused-ring (bicyclic) bond motifs is 1. The van der Waals surface area contributed by atoms with Crippen LogP contribution in [0.1, 0.15) is 23.7 Å². The van der Waals surface area contributed by atoms with Crippen molar-refractivity contribution in [2.45, 2.75) is 32.4 Å². The molecule has 192 valence electrons. The van der Waals surface area contributed by atoms with E-state index in [2.05, 4.69) is 4.74 Å². The summed E-state index contributed by atoms with van der Waals surface area (Å²) in [6.45, 7) is 3.64. The van der Waals surface area contributed by atoms with Crippen LogP contribution in [0.2, 0.25) is 5.02 Å². The molecule has 0 spiro atoms. The van der Waals surface area contributed by atoms with Gasteiger partial charge in [0.1, 0.15) is 5.75 Å². The summed E-state index contributed by atoms with van der Waals surface area (Å²) >= 11 is 6.06. The molecule has 1 amide bonds. The maximum Gasteiger partial charge on any atom is 0.573 e. The van der Waals surface area contributed by atoms with Crippen LogP contribution in [0.15, 0.2) is 66.7 Å². The fraction of sp³-hybridized carbons (Fsp3) is 0.185. The summed E-state index contributed by atoms with van der Waals surface area (Å²) in [5.41, 5.74) is 7.82. The average Bonchev–Trinajstić information content (AvgIpc) is 3.09. The summed E-state index contributed by atoms with van der Waals surface area (Å²) in [5, 5.41) is 1.27. The highest BCUT2D eigenvalue weighted by Crippen LogP contribution is 2.38. The van der Waals surface area contributed by atoms with E-state index in [0.29, 0.717) is 21.7 Å². The van der Waals surface area contributed by atoms with E-state index in [4.69, 9.17) is 22.1 Å². The van der Waals surface area contributed by atoms with Crippen LogP contribution in [-0.4, -0.2) is 23.3 Å². The Morgan fingerprint density at radius 1 is 1.08 bits per heavy atom. The lowest BCUT2D eigenvalue weighted by Crippen LogP contribution is -2.40. The van der Waals surface area contributed by atoms with Crippen molar-refractivity contribution < 1.29 is 32.2 Å². The zero-order valence-corrected chi connectivity index (χ0v) is 20.6. The number of aromatic nitrogens is 1. The molecule has 37 heavy (non-hydrogen) atoms. The number of primary amides is 1. The van der Waals surface area contributed by atoms with Crippen LogP contribution in [0, 0.1) is 6.92 Å². The first kappa shape index (κ1) is 26.1. The third-order valence-electron chi connectivity index (χ3n) is 6.24. The largest absolute Gasteiger partial charge is 0.573 e. The number of nitrogens with two attached hydrogens (primary N) is 1. The smallest absolute Gasteiger partial charge is 0.446 e. The molecule has 4 aromatic rings. The summed E-state index contributed by atoms with van der Waals surface area (Å²) in [6, 6.07) is 18.1. The number of alkyl halides is 3. The van der Waals surface area contributed by atoms with Gasteiger partial charge < -0.3 is 19.8 Å². The van der Waals surface area contributed by atoms with Crippen molar-refractivity contribution in [2.24, 2.45) is 5.73 Å². The number of amides is 1. The number of ether oxygens (including phenoxy) is 2. The molecular formula is C27H22ClF3N2O4. The van der Waals surface area contributed by atoms with Gasteiger partial charge in [0.2, 0.25) is 5.60 Å². The standard InChI is InChI=1S/C27H22ClF3N2O4/c1-16-24(18-6-8-20(28)9-7-18)22-11-10-21(37-27(29,30)31)13-23(22)33(16)14-17-4-3-5-19(12-17)26(2,25(32)35)36-15-34/h3-13,15H,14H2,1-2H3,(H2,32,35)/t26-/m0/s1. The minimum absolute atomic E-state index is 0.154. The molecule has 6 nitrogen and oxygen atoms in total. The lowest BCUT2D eigenvalue weighted by atomic mass is 9.93. The highest BCUT2D eigenvalue weighted by molar-refractivity contribution is 6.30. The van der Waals surface area contributed by atoms with Crippen molar-refractivity contribution in [3.05, 3.63) is 88.6 Å². The normalized spacial score (nSPS) is 13.2. The monoisotopic (exact) mass is 530 g/mol. The highest BCUT2D eigenvalue weighted by atomic mass is 35.5. The first-order valence-electron chi connectivity index (χ1n) is 11.1. The van der Waals surface area contributed by atoms with Crippen LogP contribution in [0.4, 0.5) is 13.2 Å². The van der Waals surface area contributed by atoms with Crippen LogP contribution >= 0.6 is 11.6 Å². The minimum Gasteiger partial charge on any atom is -0.446 e. The Bertz CT molecular complexity index is 1480. The zero-order chi connectivity index (χ0) is 27.0. The molecule has 10 heteroatoms. The van der Waals surface area contributed by atoms with Crippen molar-refractivity contribution in [3.63, 3.8) is 0 Å². The molecule has 0 aliphatic carbocycles. The lowest BCUT2D eigenvalue weighted by Gasteiger charge is -2.25.